The number of rotatable bonds is 9. The molecule has 5 heteroatoms. The summed E-state index contributed by atoms with van der Waals surface area (Å²) in [7, 11) is 0. The monoisotopic (exact) mass is 634 g/mol. The van der Waals surface area contributed by atoms with Crippen molar-refractivity contribution in [3.8, 4) is 11.3 Å². The van der Waals surface area contributed by atoms with E-state index in [9.17, 15) is 4.79 Å². The first-order valence-electron chi connectivity index (χ1n) is 17.0. The molecule has 6 rings (SSSR count). The molecule has 1 aliphatic rings. The number of pyridine rings is 1. The van der Waals surface area contributed by atoms with Gasteiger partial charge >= 0.3 is 0 Å². The number of benzene rings is 4. The molecule has 0 radical (unpaired) electrons. The highest BCUT2D eigenvalue weighted by Gasteiger charge is 2.21. The van der Waals surface area contributed by atoms with Crippen molar-refractivity contribution in [3.63, 3.8) is 0 Å². The first-order valence-corrected chi connectivity index (χ1v) is 17.0. The molecule has 0 saturated carbocycles. The molecule has 0 spiro atoms. The molecule has 2 heterocycles. The Morgan fingerprint density at radius 2 is 1.48 bits per heavy atom. The Bertz CT molecular complexity index is 1860. The van der Waals surface area contributed by atoms with Gasteiger partial charge in [-0.1, -0.05) is 100 Å². The predicted molar refractivity (Wildman–Crippen MR) is 201 cm³/mol. The standard InChI is InChI=1S/C43H46N4O/c1-30-38(13-9-14-39(30)46-42(48)35-17-21-36(22-18-35)43(3,4)5)40-15-10-16-41(45-40)44-37-23-19-34(20-24-37)31(2)47-27-25-33(26-28-47)29-32-11-7-6-8-12-32/h6-24,33H,2,25-29H2,1,3-5H3,(H,44,45)(H,46,48). The van der Waals surface area contributed by atoms with Gasteiger partial charge in [-0.25, -0.2) is 4.98 Å². The Morgan fingerprint density at radius 3 is 2.17 bits per heavy atom. The molecule has 244 valence electrons. The number of nitrogens with one attached hydrogen (secondary N) is 2. The van der Waals surface area contributed by atoms with Gasteiger partial charge in [0.2, 0.25) is 0 Å². The summed E-state index contributed by atoms with van der Waals surface area (Å²) in [6.07, 6.45) is 3.54. The molecule has 1 aromatic heterocycles. The minimum absolute atomic E-state index is 0.0374. The minimum Gasteiger partial charge on any atom is -0.372 e. The molecule has 1 saturated heterocycles. The van der Waals surface area contributed by atoms with Crippen molar-refractivity contribution >= 4 is 28.8 Å². The number of carbonyl (C=O) groups excluding carboxylic acids is 1. The van der Waals surface area contributed by atoms with E-state index in [0.717, 1.165) is 70.7 Å². The maximum absolute atomic E-state index is 13.1. The Kier molecular flexibility index (Phi) is 9.77. The van der Waals surface area contributed by atoms with Crippen LogP contribution in [0.4, 0.5) is 17.2 Å². The lowest BCUT2D eigenvalue weighted by Gasteiger charge is -2.35. The van der Waals surface area contributed by atoms with Gasteiger partial charge in [0.05, 0.1) is 5.69 Å². The average Bonchev–Trinajstić information content (AvgIpc) is 3.10. The van der Waals surface area contributed by atoms with Crippen molar-refractivity contribution in [1.82, 2.24) is 9.88 Å². The van der Waals surface area contributed by atoms with Crippen molar-refractivity contribution in [2.45, 2.75) is 52.4 Å². The summed E-state index contributed by atoms with van der Waals surface area (Å²) < 4.78 is 0. The van der Waals surface area contributed by atoms with Gasteiger partial charge in [-0.2, -0.15) is 0 Å². The van der Waals surface area contributed by atoms with Gasteiger partial charge in [0, 0.05) is 41.3 Å². The molecule has 5 aromatic rings. The lowest BCUT2D eigenvalue weighted by atomic mass is 9.86. The van der Waals surface area contributed by atoms with Gasteiger partial charge in [-0.15, -0.1) is 0 Å². The second-order valence-electron chi connectivity index (χ2n) is 13.9. The van der Waals surface area contributed by atoms with Crippen LogP contribution in [0.1, 0.15) is 66.2 Å². The molecule has 1 amide bonds. The first-order chi connectivity index (χ1) is 23.1. The number of anilines is 3. The third-order valence-electron chi connectivity index (χ3n) is 9.47. The van der Waals surface area contributed by atoms with Crippen molar-refractivity contribution < 1.29 is 4.79 Å². The maximum atomic E-state index is 13.1. The predicted octanol–water partition coefficient (Wildman–Crippen LogP) is 10.3. The lowest BCUT2D eigenvalue weighted by Crippen LogP contribution is -2.32. The van der Waals surface area contributed by atoms with Crippen molar-refractivity contribution in [3.05, 3.63) is 150 Å². The third kappa shape index (κ3) is 7.86. The molecule has 48 heavy (non-hydrogen) atoms. The summed E-state index contributed by atoms with van der Waals surface area (Å²) in [4.78, 5) is 20.5. The fourth-order valence-electron chi connectivity index (χ4n) is 6.45. The van der Waals surface area contributed by atoms with E-state index in [4.69, 9.17) is 4.98 Å². The van der Waals surface area contributed by atoms with Gasteiger partial charge in [0.15, 0.2) is 0 Å². The maximum Gasteiger partial charge on any atom is 0.255 e. The van der Waals surface area contributed by atoms with E-state index >= 15 is 0 Å². The zero-order chi connectivity index (χ0) is 33.7. The summed E-state index contributed by atoms with van der Waals surface area (Å²) in [5.41, 5.74) is 10.0. The zero-order valence-electron chi connectivity index (χ0n) is 28.6. The molecule has 5 nitrogen and oxygen atoms in total. The zero-order valence-corrected chi connectivity index (χ0v) is 28.6. The van der Waals surface area contributed by atoms with Crippen LogP contribution >= 0.6 is 0 Å². The normalized spacial score (nSPS) is 13.6. The van der Waals surface area contributed by atoms with Crippen molar-refractivity contribution in [1.29, 1.82) is 0 Å². The highest BCUT2D eigenvalue weighted by molar-refractivity contribution is 6.05. The second kappa shape index (κ2) is 14.3. The van der Waals surface area contributed by atoms with Crippen LogP contribution in [0.5, 0.6) is 0 Å². The molecular weight excluding hydrogens is 589 g/mol. The summed E-state index contributed by atoms with van der Waals surface area (Å²) in [5, 5.41) is 6.57. The number of hydrogen-bond acceptors (Lipinski definition) is 4. The summed E-state index contributed by atoms with van der Waals surface area (Å²) in [6, 6.07) is 39.0. The van der Waals surface area contributed by atoms with E-state index in [1.807, 2.05) is 67.6 Å². The lowest BCUT2D eigenvalue weighted by molar-refractivity contribution is 0.102. The van der Waals surface area contributed by atoms with Crippen LogP contribution in [0.15, 0.2) is 122 Å². The summed E-state index contributed by atoms with van der Waals surface area (Å²) in [5.74, 6) is 1.36. The molecule has 1 fully saturated rings. The van der Waals surface area contributed by atoms with Crippen LogP contribution in [-0.2, 0) is 11.8 Å². The highest BCUT2D eigenvalue weighted by Crippen LogP contribution is 2.31. The van der Waals surface area contributed by atoms with Crippen LogP contribution in [0, 0.1) is 12.8 Å². The topological polar surface area (TPSA) is 57.3 Å². The Morgan fingerprint density at radius 1 is 0.812 bits per heavy atom. The fraction of sp³-hybridized carbons (Fsp3) is 0.256. The van der Waals surface area contributed by atoms with Gasteiger partial charge in [0.1, 0.15) is 5.82 Å². The molecule has 0 bridgehead atoms. The summed E-state index contributed by atoms with van der Waals surface area (Å²) in [6.45, 7) is 15.1. The average molecular weight is 635 g/mol. The van der Waals surface area contributed by atoms with Gasteiger partial charge in [0.25, 0.3) is 5.91 Å². The van der Waals surface area contributed by atoms with Crippen LogP contribution in [0.3, 0.4) is 0 Å². The van der Waals surface area contributed by atoms with E-state index in [0.29, 0.717) is 5.56 Å². The van der Waals surface area contributed by atoms with Gasteiger partial charge in [-0.05, 0) is 102 Å². The number of carbonyl (C=O) groups is 1. The Hall–Kier alpha value is -5.16. The van der Waals surface area contributed by atoms with E-state index in [2.05, 4.69) is 97.5 Å². The molecule has 0 unspecified atom stereocenters. The van der Waals surface area contributed by atoms with E-state index in [1.54, 1.807) is 0 Å². The number of aromatic nitrogens is 1. The van der Waals surface area contributed by atoms with Crippen molar-refractivity contribution in [2.75, 3.05) is 23.7 Å². The molecule has 0 atom stereocenters. The third-order valence-corrected chi connectivity index (χ3v) is 9.47. The van der Waals surface area contributed by atoms with Crippen LogP contribution in [-0.4, -0.2) is 28.9 Å². The highest BCUT2D eigenvalue weighted by atomic mass is 16.1. The van der Waals surface area contributed by atoms with Crippen molar-refractivity contribution in [2.24, 2.45) is 5.92 Å². The molecular formula is C43H46N4O. The fourth-order valence-corrected chi connectivity index (χ4v) is 6.45. The molecule has 4 aromatic carbocycles. The number of nitrogens with zero attached hydrogens (tertiary/aromatic N) is 2. The number of piperidine rings is 1. The van der Waals surface area contributed by atoms with E-state index < -0.39 is 0 Å². The number of amides is 1. The van der Waals surface area contributed by atoms with E-state index in [1.165, 1.54) is 24.0 Å². The second-order valence-corrected chi connectivity index (χ2v) is 13.9. The molecule has 2 N–H and O–H groups in total. The Labute approximate surface area is 285 Å². The molecule has 1 aliphatic heterocycles. The smallest absolute Gasteiger partial charge is 0.255 e. The van der Waals surface area contributed by atoms with Crippen LogP contribution in [0.25, 0.3) is 17.0 Å². The van der Waals surface area contributed by atoms with Crippen LogP contribution in [0.2, 0.25) is 0 Å². The quantitative estimate of drug-likeness (QED) is 0.169. The first kappa shape index (κ1) is 32.8. The van der Waals surface area contributed by atoms with Gasteiger partial charge < -0.3 is 15.5 Å². The SMILES string of the molecule is C=C(c1ccc(Nc2cccc(-c3cccc(NC(=O)c4ccc(C(C)(C)C)cc4)c3C)n2)cc1)N1CCC(Cc2ccccc2)CC1. The Balaban J connectivity index is 1.07. The number of likely N-dealkylation sites (tertiary alicyclic amines) is 1. The minimum atomic E-state index is -0.127. The van der Waals surface area contributed by atoms with E-state index in [-0.39, 0.29) is 11.3 Å². The largest absolute Gasteiger partial charge is 0.372 e. The van der Waals surface area contributed by atoms with Crippen LogP contribution < -0.4 is 10.6 Å². The summed E-state index contributed by atoms with van der Waals surface area (Å²) >= 11 is 0. The number of hydrogen-bond donors (Lipinski definition) is 2. The van der Waals surface area contributed by atoms with Gasteiger partial charge in [-0.3, -0.25) is 4.79 Å². The molecule has 0 aliphatic carbocycles.